The van der Waals surface area contributed by atoms with E-state index in [0.29, 0.717) is 0 Å². The number of nitrogens with zero attached hydrogens (tertiary/aromatic N) is 1. The molecule has 1 aromatic rings. The predicted octanol–water partition coefficient (Wildman–Crippen LogP) is 3.38. The van der Waals surface area contributed by atoms with E-state index in [-0.39, 0.29) is 18.9 Å². The maximum Gasteiger partial charge on any atom is 0.421 e. The van der Waals surface area contributed by atoms with E-state index in [1.165, 1.54) is 6.08 Å². The highest BCUT2D eigenvalue weighted by Crippen LogP contribution is 2.40. The Balaban J connectivity index is 2.49. The molecule has 0 spiro atoms. The molecule has 2 rings (SSSR count). The molecular formula is C13H11F4NO. The number of alkyl halides is 3. The quantitative estimate of drug-likeness (QED) is 0.597. The van der Waals surface area contributed by atoms with Gasteiger partial charge in [-0.05, 0) is 12.1 Å². The number of halogens is 4. The van der Waals surface area contributed by atoms with Gasteiger partial charge in [-0.1, -0.05) is 12.1 Å². The van der Waals surface area contributed by atoms with Crippen LogP contribution >= 0.6 is 0 Å². The van der Waals surface area contributed by atoms with Gasteiger partial charge in [0.05, 0.1) is 5.69 Å². The molecular weight excluding hydrogens is 262 g/mol. The molecule has 0 aliphatic carbocycles. The van der Waals surface area contributed by atoms with Crippen LogP contribution in [0.5, 0.6) is 0 Å². The van der Waals surface area contributed by atoms with Crippen LogP contribution in [0.15, 0.2) is 30.9 Å². The van der Waals surface area contributed by atoms with Crippen molar-refractivity contribution in [1.82, 2.24) is 0 Å². The van der Waals surface area contributed by atoms with E-state index in [1.807, 2.05) is 0 Å². The van der Waals surface area contributed by atoms with E-state index in [9.17, 15) is 22.4 Å². The molecule has 1 fully saturated rings. The van der Waals surface area contributed by atoms with Crippen molar-refractivity contribution in [3.63, 3.8) is 0 Å². The SMILES string of the molecule is C=CC1CC(=O)N(c2cccc(F)c2C(F)(F)F)C1. The Morgan fingerprint density at radius 3 is 2.58 bits per heavy atom. The molecule has 19 heavy (non-hydrogen) atoms. The number of benzene rings is 1. The van der Waals surface area contributed by atoms with Gasteiger partial charge in [-0.3, -0.25) is 4.79 Å². The Bertz CT molecular complexity index is 524. The van der Waals surface area contributed by atoms with Crippen LogP contribution in [0.1, 0.15) is 12.0 Å². The molecule has 1 heterocycles. The smallest absolute Gasteiger partial charge is 0.311 e. The molecule has 1 aromatic carbocycles. The van der Waals surface area contributed by atoms with Gasteiger partial charge >= 0.3 is 6.18 Å². The number of carbonyl (C=O) groups is 1. The predicted molar refractivity (Wildman–Crippen MR) is 62.1 cm³/mol. The van der Waals surface area contributed by atoms with Gasteiger partial charge in [0.2, 0.25) is 5.91 Å². The molecule has 1 saturated heterocycles. The Hall–Kier alpha value is -1.85. The normalized spacial score (nSPS) is 19.9. The minimum Gasteiger partial charge on any atom is -0.311 e. The molecule has 1 atom stereocenters. The lowest BCUT2D eigenvalue weighted by atomic mass is 10.1. The number of anilines is 1. The highest BCUT2D eigenvalue weighted by atomic mass is 19.4. The van der Waals surface area contributed by atoms with E-state index in [0.717, 1.165) is 23.1 Å². The molecule has 0 bridgehead atoms. The average Bonchev–Trinajstić information content (AvgIpc) is 2.68. The second-order valence-electron chi connectivity index (χ2n) is 4.34. The monoisotopic (exact) mass is 273 g/mol. The summed E-state index contributed by atoms with van der Waals surface area (Å²) in [5.41, 5.74) is -1.82. The molecule has 6 heteroatoms. The summed E-state index contributed by atoms with van der Waals surface area (Å²) in [7, 11) is 0. The van der Waals surface area contributed by atoms with Crippen LogP contribution in [0.25, 0.3) is 0 Å². The summed E-state index contributed by atoms with van der Waals surface area (Å²) in [5, 5.41) is 0. The maximum absolute atomic E-state index is 13.4. The van der Waals surface area contributed by atoms with Crippen molar-refractivity contribution < 1.29 is 22.4 Å². The van der Waals surface area contributed by atoms with Gasteiger partial charge in [0.15, 0.2) is 0 Å². The van der Waals surface area contributed by atoms with Gasteiger partial charge < -0.3 is 4.90 Å². The van der Waals surface area contributed by atoms with Crippen molar-refractivity contribution in [3.05, 3.63) is 42.2 Å². The number of carbonyl (C=O) groups excluding carboxylic acids is 1. The fourth-order valence-corrected chi connectivity index (χ4v) is 2.14. The minimum absolute atomic E-state index is 0.0921. The molecule has 2 nitrogen and oxygen atoms in total. The van der Waals surface area contributed by atoms with Gasteiger partial charge in [0.25, 0.3) is 0 Å². The van der Waals surface area contributed by atoms with E-state index in [1.54, 1.807) is 0 Å². The summed E-state index contributed by atoms with van der Waals surface area (Å²) in [4.78, 5) is 12.7. The van der Waals surface area contributed by atoms with Crippen LogP contribution in [0, 0.1) is 11.7 Å². The number of rotatable bonds is 2. The first-order valence-corrected chi connectivity index (χ1v) is 5.63. The molecule has 1 amide bonds. The Kier molecular flexibility index (Phi) is 3.34. The zero-order valence-corrected chi connectivity index (χ0v) is 9.88. The van der Waals surface area contributed by atoms with Crippen LogP contribution in [0.2, 0.25) is 0 Å². The van der Waals surface area contributed by atoms with Crippen LogP contribution < -0.4 is 4.90 Å². The van der Waals surface area contributed by atoms with Crippen molar-refractivity contribution >= 4 is 11.6 Å². The van der Waals surface area contributed by atoms with Crippen LogP contribution in [0.3, 0.4) is 0 Å². The minimum atomic E-state index is -4.84. The topological polar surface area (TPSA) is 20.3 Å². The van der Waals surface area contributed by atoms with E-state index in [4.69, 9.17) is 0 Å². The third kappa shape index (κ3) is 2.47. The zero-order valence-electron chi connectivity index (χ0n) is 9.88. The van der Waals surface area contributed by atoms with E-state index in [2.05, 4.69) is 6.58 Å². The molecule has 1 unspecified atom stereocenters. The summed E-state index contributed by atoms with van der Waals surface area (Å²) in [6, 6.07) is 3.00. The zero-order chi connectivity index (χ0) is 14.2. The average molecular weight is 273 g/mol. The number of hydrogen-bond acceptors (Lipinski definition) is 1. The largest absolute Gasteiger partial charge is 0.421 e. The first-order valence-electron chi connectivity index (χ1n) is 5.63. The van der Waals surface area contributed by atoms with Crippen LogP contribution in [0.4, 0.5) is 23.2 Å². The fraction of sp³-hybridized carbons (Fsp3) is 0.308. The number of amides is 1. The van der Waals surface area contributed by atoms with Crippen molar-refractivity contribution in [3.8, 4) is 0 Å². The van der Waals surface area contributed by atoms with Crippen molar-refractivity contribution in [2.24, 2.45) is 5.92 Å². The number of hydrogen-bond donors (Lipinski definition) is 0. The van der Waals surface area contributed by atoms with Gasteiger partial charge in [-0.25, -0.2) is 4.39 Å². The van der Waals surface area contributed by atoms with Gasteiger partial charge in [0, 0.05) is 18.9 Å². The molecule has 0 radical (unpaired) electrons. The van der Waals surface area contributed by atoms with Crippen LogP contribution in [-0.2, 0) is 11.0 Å². The lowest BCUT2D eigenvalue weighted by Crippen LogP contribution is -2.27. The maximum atomic E-state index is 13.4. The molecule has 0 N–H and O–H groups in total. The van der Waals surface area contributed by atoms with Crippen molar-refractivity contribution in [1.29, 1.82) is 0 Å². The molecule has 102 valence electrons. The summed E-state index contributed by atoms with van der Waals surface area (Å²) in [5.74, 6) is -2.04. The van der Waals surface area contributed by atoms with Crippen molar-refractivity contribution in [2.45, 2.75) is 12.6 Å². The summed E-state index contributed by atoms with van der Waals surface area (Å²) < 4.78 is 52.0. The third-order valence-electron chi connectivity index (χ3n) is 3.05. The Morgan fingerprint density at radius 1 is 1.37 bits per heavy atom. The highest BCUT2D eigenvalue weighted by Gasteiger charge is 2.41. The van der Waals surface area contributed by atoms with Crippen molar-refractivity contribution in [2.75, 3.05) is 11.4 Å². The second-order valence-corrected chi connectivity index (χ2v) is 4.34. The molecule has 0 aromatic heterocycles. The lowest BCUT2D eigenvalue weighted by molar-refractivity contribution is -0.139. The highest BCUT2D eigenvalue weighted by molar-refractivity contribution is 5.96. The lowest BCUT2D eigenvalue weighted by Gasteiger charge is -2.21. The van der Waals surface area contributed by atoms with E-state index < -0.39 is 29.2 Å². The molecule has 1 aliphatic rings. The fourth-order valence-electron chi connectivity index (χ4n) is 2.14. The summed E-state index contributed by atoms with van der Waals surface area (Å²) in [6.45, 7) is 3.61. The van der Waals surface area contributed by atoms with Gasteiger partial charge in [-0.15, -0.1) is 6.58 Å². The summed E-state index contributed by atoms with van der Waals surface area (Å²) in [6.07, 6.45) is -3.23. The Morgan fingerprint density at radius 2 is 2.05 bits per heavy atom. The second kappa shape index (κ2) is 4.68. The standard InChI is InChI=1S/C13H11F4NO/c1-2-8-6-11(19)18(7-8)10-5-3-4-9(14)12(10)13(15,16)17/h2-5,8H,1,6-7H2. The van der Waals surface area contributed by atoms with Crippen LogP contribution in [-0.4, -0.2) is 12.5 Å². The molecule has 0 saturated carbocycles. The molecule has 1 aliphatic heterocycles. The van der Waals surface area contributed by atoms with Gasteiger partial charge in [-0.2, -0.15) is 13.2 Å². The third-order valence-corrected chi connectivity index (χ3v) is 3.05. The Labute approximate surface area is 107 Å². The van der Waals surface area contributed by atoms with E-state index >= 15 is 0 Å². The first kappa shape index (κ1) is 13.6. The first-order chi connectivity index (χ1) is 8.84. The summed E-state index contributed by atoms with van der Waals surface area (Å²) >= 11 is 0. The van der Waals surface area contributed by atoms with Gasteiger partial charge in [0.1, 0.15) is 11.4 Å².